The smallest absolute Gasteiger partial charge is 0.224 e. The summed E-state index contributed by atoms with van der Waals surface area (Å²) in [6, 6.07) is 6.22. The van der Waals surface area contributed by atoms with E-state index in [1.165, 1.54) is 12.8 Å². The molecule has 1 aliphatic rings. The van der Waals surface area contributed by atoms with Gasteiger partial charge in [0.2, 0.25) is 5.91 Å². The molecule has 23 heavy (non-hydrogen) atoms. The van der Waals surface area contributed by atoms with Crippen molar-refractivity contribution in [3.05, 3.63) is 30.1 Å². The number of rotatable bonds is 5. The monoisotopic (exact) mass is 336 g/mol. The van der Waals surface area contributed by atoms with E-state index in [1.54, 1.807) is 11.0 Å². The molecule has 1 aromatic heterocycles. The molecule has 124 valence electrons. The van der Waals surface area contributed by atoms with E-state index in [-0.39, 0.29) is 18.3 Å². The molecular formula is C15H21ClN6O. The van der Waals surface area contributed by atoms with Crippen LogP contribution in [0.15, 0.2) is 24.5 Å². The quantitative estimate of drug-likeness (QED) is 0.870. The summed E-state index contributed by atoms with van der Waals surface area (Å²) in [5.74, 6) is 0.0419. The molecule has 2 aromatic rings. The molecule has 0 aliphatic carbocycles. The third kappa shape index (κ3) is 4.49. The summed E-state index contributed by atoms with van der Waals surface area (Å²) >= 11 is 0. The zero-order valence-corrected chi connectivity index (χ0v) is 13.8. The molecule has 2 N–H and O–H groups in total. The number of tetrazole rings is 1. The Labute approximate surface area is 141 Å². The highest BCUT2D eigenvalue weighted by Gasteiger charge is 2.15. The van der Waals surface area contributed by atoms with Crippen LogP contribution in [-0.2, 0) is 4.79 Å². The fourth-order valence-corrected chi connectivity index (χ4v) is 2.74. The molecule has 3 rings (SSSR count). The molecule has 0 spiro atoms. The van der Waals surface area contributed by atoms with Crippen molar-refractivity contribution >= 4 is 24.0 Å². The standard InChI is InChI=1S/C15H20N6O.ClH/c1-11-4-5-13(9-14(11)21-10-17-19-20-21)18-15(22)7-6-12-3-2-8-16-12;/h4-5,9-10,12,16H,2-3,6-8H2,1H3,(H,18,22);1H. The van der Waals surface area contributed by atoms with Gasteiger partial charge in [-0.05, 0) is 60.9 Å². The Hall–Kier alpha value is -1.99. The Kier molecular flexibility index (Phi) is 6.06. The summed E-state index contributed by atoms with van der Waals surface area (Å²) in [4.78, 5) is 12.1. The lowest BCUT2D eigenvalue weighted by molar-refractivity contribution is -0.116. The van der Waals surface area contributed by atoms with Gasteiger partial charge in [0.25, 0.3) is 0 Å². The predicted octanol–water partition coefficient (Wildman–Crippen LogP) is 1.86. The maximum atomic E-state index is 12.1. The number of nitrogens with one attached hydrogen (secondary N) is 2. The third-order valence-electron chi connectivity index (χ3n) is 3.97. The van der Waals surface area contributed by atoms with Gasteiger partial charge in [-0.3, -0.25) is 4.79 Å². The van der Waals surface area contributed by atoms with Crippen molar-refractivity contribution in [2.75, 3.05) is 11.9 Å². The molecule has 8 heteroatoms. The molecule has 1 aromatic carbocycles. The molecule has 0 saturated carbocycles. The van der Waals surface area contributed by atoms with Crippen LogP contribution in [0.25, 0.3) is 5.69 Å². The van der Waals surface area contributed by atoms with E-state index in [0.29, 0.717) is 12.5 Å². The van der Waals surface area contributed by atoms with E-state index in [0.717, 1.165) is 29.9 Å². The van der Waals surface area contributed by atoms with Gasteiger partial charge in [0.15, 0.2) is 0 Å². The first-order chi connectivity index (χ1) is 10.7. The van der Waals surface area contributed by atoms with Crippen LogP contribution in [0.3, 0.4) is 0 Å². The minimum absolute atomic E-state index is 0. The van der Waals surface area contributed by atoms with Gasteiger partial charge >= 0.3 is 0 Å². The lowest BCUT2D eigenvalue weighted by Crippen LogP contribution is -2.23. The summed E-state index contributed by atoms with van der Waals surface area (Å²) < 4.78 is 1.59. The second kappa shape index (κ2) is 8.03. The Bertz CT molecular complexity index is 639. The largest absolute Gasteiger partial charge is 0.326 e. The number of halogens is 1. The van der Waals surface area contributed by atoms with Gasteiger partial charge < -0.3 is 10.6 Å². The van der Waals surface area contributed by atoms with E-state index in [9.17, 15) is 4.79 Å². The number of aryl methyl sites for hydroxylation is 1. The SMILES string of the molecule is Cc1ccc(NC(=O)CCC2CCCN2)cc1-n1cnnn1.Cl. The van der Waals surface area contributed by atoms with Crippen molar-refractivity contribution in [1.82, 2.24) is 25.5 Å². The summed E-state index contributed by atoms with van der Waals surface area (Å²) in [5.41, 5.74) is 2.67. The van der Waals surface area contributed by atoms with Crippen LogP contribution in [0.2, 0.25) is 0 Å². The first kappa shape index (κ1) is 17.4. The van der Waals surface area contributed by atoms with Gasteiger partial charge in [0, 0.05) is 18.2 Å². The minimum atomic E-state index is 0. The number of benzene rings is 1. The fraction of sp³-hybridized carbons (Fsp3) is 0.467. The number of aromatic nitrogens is 4. The molecule has 1 saturated heterocycles. The van der Waals surface area contributed by atoms with Crippen LogP contribution in [0.1, 0.15) is 31.2 Å². The van der Waals surface area contributed by atoms with Gasteiger partial charge in [0.05, 0.1) is 5.69 Å². The van der Waals surface area contributed by atoms with E-state index in [4.69, 9.17) is 0 Å². The van der Waals surface area contributed by atoms with E-state index >= 15 is 0 Å². The summed E-state index contributed by atoms with van der Waals surface area (Å²) in [6.45, 7) is 3.05. The third-order valence-corrected chi connectivity index (χ3v) is 3.97. The molecule has 0 bridgehead atoms. The minimum Gasteiger partial charge on any atom is -0.326 e. The highest BCUT2D eigenvalue weighted by Crippen LogP contribution is 2.19. The number of hydrogen-bond donors (Lipinski definition) is 2. The maximum absolute atomic E-state index is 12.1. The van der Waals surface area contributed by atoms with Gasteiger partial charge in [0.1, 0.15) is 6.33 Å². The molecular weight excluding hydrogens is 316 g/mol. The maximum Gasteiger partial charge on any atom is 0.224 e. The van der Waals surface area contributed by atoms with Crippen LogP contribution in [-0.4, -0.2) is 38.7 Å². The van der Waals surface area contributed by atoms with E-state index < -0.39 is 0 Å². The number of anilines is 1. The number of nitrogens with zero attached hydrogens (tertiary/aromatic N) is 4. The van der Waals surface area contributed by atoms with Gasteiger partial charge in [-0.2, -0.15) is 0 Å². The van der Waals surface area contributed by atoms with Crippen molar-refractivity contribution < 1.29 is 4.79 Å². The molecule has 7 nitrogen and oxygen atoms in total. The lowest BCUT2D eigenvalue weighted by Gasteiger charge is -2.11. The first-order valence-corrected chi connectivity index (χ1v) is 7.59. The topological polar surface area (TPSA) is 84.7 Å². The van der Waals surface area contributed by atoms with Gasteiger partial charge in [-0.15, -0.1) is 17.5 Å². The second-order valence-electron chi connectivity index (χ2n) is 5.64. The number of carbonyl (C=O) groups excluding carboxylic acids is 1. The van der Waals surface area contributed by atoms with Gasteiger partial charge in [-0.1, -0.05) is 6.07 Å². The first-order valence-electron chi connectivity index (χ1n) is 7.59. The molecule has 1 atom stereocenters. The van der Waals surface area contributed by atoms with Crippen LogP contribution in [0, 0.1) is 6.92 Å². The van der Waals surface area contributed by atoms with Crippen LogP contribution in [0.4, 0.5) is 5.69 Å². The fourth-order valence-electron chi connectivity index (χ4n) is 2.74. The highest BCUT2D eigenvalue weighted by atomic mass is 35.5. The number of hydrogen-bond acceptors (Lipinski definition) is 5. The molecule has 1 fully saturated rings. The van der Waals surface area contributed by atoms with E-state index in [2.05, 4.69) is 26.2 Å². The Balaban J connectivity index is 0.00000192. The van der Waals surface area contributed by atoms with Gasteiger partial charge in [-0.25, -0.2) is 4.68 Å². The van der Waals surface area contributed by atoms with E-state index in [1.807, 2.05) is 25.1 Å². The zero-order valence-electron chi connectivity index (χ0n) is 13.0. The molecule has 1 amide bonds. The molecule has 0 radical (unpaired) electrons. The lowest BCUT2D eigenvalue weighted by atomic mass is 10.1. The van der Waals surface area contributed by atoms with Crippen LogP contribution >= 0.6 is 12.4 Å². The van der Waals surface area contributed by atoms with Crippen LogP contribution in [0.5, 0.6) is 0 Å². The van der Waals surface area contributed by atoms with Crippen molar-refractivity contribution in [2.45, 2.75) is 38.6 Å². The van der Waals surface area contributed by atoms with Crippen molar-refractivity contribution in [2.24, 2.45) is 0 Å². The highest BCUT2D eigenvalue weighted by molar-refractivity contribution is 5.91. The zero-order chi connectivity index (χ0) is 15.4. The van der Waals surface area contributed by atoms with Crippen molar-refractivity contribution in [3.63, 3.8) is 0 Å². The van der Waals surface area contributed by atoms with Crippen molar-refractivity contribution in [3.8, 4) is 5.69 Å². The Morgan fingerprint density at radius 3 is 3.04 bits per heavy atom. The molecule has 2 heterocycles. The average molecular weight is 337 g/mol. The summed E-state index contributed by atoms with van der Waals surface area (Å²) in [6.07, 6.45) is 5.34. The second-order valence-corrected chi connectivity index (χ2v) is 5.64. The summed E-state index contributed by atoms with van der Waals surface area (Å²) in [5, 5.41) is 17.5. The molecule has 1 unspecified atom stereocenters. The average Bonchev–Trinajstić information content (AvgIpc) is 3.20. The van der Waals surface area contributed by atoms with Crippen LogP contribution < -0.4 is 10.6 Å². The number of carbonyl (C=O) groups is 1. The summed E-state index contributed by atoms with van der Waals surface area (Å²) in [7, 11) is 0. The Morgan fingerprint density at radius 2 is 2.35 bits per heavy atom. The number of amides is 1. The van der Waals surface area contributed by atoms with Crippen molar-refractivity contribution in [1.29, 1.82) is 0 Å². The molecule has 1 aliphatic heterocycles. The Morgan fingerprint density at radius 1 is 1.48 bits per heavy atom. The normalized spacial score (nSPS) is 16.8. The predicted molar refractivity (Wildman–Crippen MR) is 90.0 cm³/mol.